The van der Waals surface area contributed by atoms with Crippen LogP contribution in [0, 0.1) is 0 Å². The quantitative estimate of drug-likeness (QED) is 0.584. The maximum absolute atomic E-state index is 12.5. The number of anilines is 2. The topological polar surface area (TPSA) is 63.2 Å². The lowest BCUT2D eigenvalue weighted by Crippen LogP contribution is -2.13. The van der Waals surface area contributed by atoms with Gasteiger partial charge in [0.15, 0.2) is 0 Å². The number of ether oxygens (including phenoxy) is 1. The molecule has 0 saturated heterocycles. The molecule has 1 aromatic heterocycles. The van der Waals surface area contributed by atoms with Gasteiger partial charge < -0.3 is 15.4 Å². The number of methoxy groups -OCH3 is 1. The van der Waals surface area contributed by atoms with Gasteiger partial charge in [-0.25, -0.2) is 4.98 Å². The molecule has 0 saturated carbocycles. The number of pyridine rings is 1. The van der Waals surface area contributed by atoms with Crippen molar-refractivity contribution in [3.8, 4) is 5.75 Å². The highest BCUT2D eigenvalue weighted by Crippen LogP contribution is 2.18. The Morgan fingerprint density at radius 1 is 1.04 bits per heavy atom. The molecule has 0 spiro atoms. The second kappa shape index (κ2) is 9.38. The number of aromatic nitrogens is 1. The minimum Gasteiger partial charge on any atom is -0.497 e. The molecule has 3 aromatic rings. The zero-order chi connectivity index (χ0) is 18.9. The van der Waals surface area contributed by atoms with Crippen LogP contribution in [0.25, 0.3) is 0 Å². The van der Waals surface area contributed by atoms with Gasteiger partial charge in [-0.2, -0.15) is 0 Å². The summed E-state index contributed by atoms with van der Waals surface area (Å²) in [5, 5.41) is 6.16. The van der Waals surface area contributed by atoms with Crippen LogP contribution < -0.4 is 15.4 Å². The molecule has 0 atom stereocenters. The van der Waals surface area contributed by atoms with E-state index in [0.29, 0.717) is 22.8 Å². The molecule has 0 unspecified atom stereocenters. The number of hydrogen-bond acceptors (Lipinski definition) is 4. The Bertz CT molecular complexity index is 881. The zero-order valence-electron chi connectivity index (χ0n) is 15.3. The Morgan fingerprint density at radius 2 is 1.89 bits per heavy atom. The van der Waals surface area contributed by atoms with Crippen molar-refractivity contribution in [2.24, 2.45) is 0 Å². The highest BCUT2D eigenvalue weighted by atomic mass is 16.5. The highest BCUT2D eigenvalue weighted by molar-refractivity contribution is 6.04. The summed E-state index contributed by atoms with van der Waals surface area (Å²) in [7, 11) is 1.60. The maximum Gasteiger partial charge on any atom is 0.255 e. The smallest absolute Gasteiger partial charge is 0.255 e. The van der Waals surface area contributed by atoms with Crippen molar-refractivity contribution >= 4 is 17.4 Å². The van der Waals surface area contributed by atoms with Crippen LogP contribution in [-0.2, 0) is 6.42 Å². The first-order chi connectivity index (χ1) is 13.2. The Hall–Kier alpha value is -3.34. The number of carbonyl (C=O) groups excluding carboxylic acids is 1. The van der Waals surface area contributed by atoms with E-state index in [-0.39, 0.29) is 5.91 Å². The normalized spacial score (nSPS) is 10.3. The molecule has 2 N–H and O–H groups in total. The van der Waals surface area contributed by atoms with Gasteiger partial charge in [0.05, 0.1) is 7.11 Å². The van der Waals surface area contributed by atoms with Crippen LogP contribution in [0.1, 0.15) is 22.3 Å². The van der Waals surface area contributed by atoms with Crippen LogP contribution in [0.15, 0.2) is 72.9 Å². The lowest BCUT2D eigenvalue weighted by atomic mass is 10.1. The average Bonchev–Trinajstić information content (AvgIpc) is 2.72. The molecular formula is C22H23N3O2. The number of hydrogen-bond donors (Lipinski definition) is 2. The molecule has 0 radical (unpaired) electrons. The lowest BCUT2D eigenvalue weighted by Gasteiger charge is -2.09. The second-order valence-electron chi connectivity index (χ2n) is 6.13. The fourth-order valence-electron chi connectivity index (χ4n) is 2.73. The Kier molecular flexibility index (Phi) is 6.41. The van der Waals surface area contributed by atoms with E-state index in [1.807, 2.05) is 24.3 Å². The van der Waals surface area contributed by atoms with Crippen molar-refractivity contribution in [2.45, 2.75) is 12.8 Å². The molecule has 0 aliphatic heterocycles. The Balaban J connectivity index is 1.53. The fraction of sp³-hybridized carbons (Fsp3) is 0.182. The van der Waals surface area contributed by atoms with Gasteiger partial charge in [-0.1, -0.05) is 36.4 Å². The van der Waals surface area contributed by atoms with Gasteiger partial charge in [0.1, 0.15) is 11.6 Å². The zero-order valence-corrected chi connectivity index (χ0v) is 15.3. The van der Waals surface area contributed by atoms with Gasteiger partial charge in [-0.05, 0) is 42.7 Å². The van der Waals surface area contributed by atoms with Crippen molar-refractivity contribution in [3.05, 3.63) is 84.1 Å². The summed E-state index contributed by atoms with van der Waals surface area (Å²) >= 11 is 0. The van der Waals surface area contributed by atoms with Crippen molar-refractivity contribution in [3.63, 3.8) is 0 Å². The van der Waals surface area contributed by atoms with Crippen molar-refractivity contribution < 1.29 is 9.53 Å². The number of aryl methyl sites for hydroxylation is 1. The van der Waals surface area contributed by atoms with Gasteiger partial charge in [-0.3, -0.25) is 4.79 Å². The van der Waals surface area contributed by atoms with Crippen LogP contribution in [0.4, 0.5) is 11.5 Å². The van der Waals surface area contributed by atoms with Crippen LogP contribution in [0.5, 0.6) is 5.75 Å². The fourth-order valence-corrected chi connectivity index (χ4v) is 2.73. The molecule has 1 amide bonds. The largest absolute Gasteiger partial charge is 0.497 e. The van der Waals surface area contributed by atoms with Gasteiger partial charge in [0.2, 0.25) is 0 Å². The summed E-state index contributed by atoms with van der Waals surface area (Å²) in [6.45, 7) is 0.794. The van der Waals surface area contributed by atoms with E-state index in [9.17, 15) is 4.79 Å². The Morgan fingerprint density at radius 3 is 2.70 bits per heavy atom. The molecule has 0 aliphatic carbocycles. The number of benzene rings is 2. The molecule has 5 heteroatoms. The van der Waals surface area contributed by atoms with Gasteiger partial charge in [0, 0.05) is 30.1 Å². The number of rotatable bonds is 8. The van der Waals surface area contributed by atoms with Crippen molar-refractivity contribution in [1.29, 1.82) is 0 Å². The first-order valence-corrected chi connectivity index (χ1v) is 8.94. The van der Waals surface area contributed by atoms with Crippen LogP contribution in [-0.4, -0.2) is 24.5 Å². The summed E-state index contributed by atoms with van der Waals surface area (Å²) in [5.74, 6) is 1.21. The molecule has 5 nitrogen and oxygen atoms in total. The van der Waals surface area contributed by atoms with Gasteiger partial charge in [-0.15, -0.1) is 0 Å². The summed E-state index contributed by atoms with van der Waals surface area (Å²) in [4.78, 5) is 16.8. The molecule has 27 heavy (non-hydrogen) atoms. The third-order valence-corrected chi connectivity index (χ3v) is 4.14. The van der Waals surface area contributed by atoms with E-state index in [0.717, 1.165) is 19.4 Å². The predicted molar refractivity (Wildman–Crippen MR) is 108 cm³/mol. The number of carbonyl (C=O) groups is 1. The first kappa shape index (κ1) is 18.5. The van der Waals surface area contributed by atoms with Crippen molar-refractivity contribution in [1.82, 2.24) is 4.98 Å². The van der Waals surface area contributed by atoms with E-state index in [1.54, 1.807) is 31.5 Å². The number of nitrogens with zero attached hydrogens (tertiary/aromatic N) is 1. The summed E-state index contributed by atoms with van der Waals surface area (Å²) in [6, 6.07) is 21.1. The molecule has 1 heterocycles. The van der Waals surface area contributed by atoms with E-state index in [2.05, 4.69) is 39.9 Å². The number of nitrogens with one attached hydrogen (secondary N) is 2. The van der Waals surface area contributed by atoms with E-state index in [1.165, 1.54) is 5.56 Å². The predicted octanol–water partition coefficient (Wildman–Crippen LogP) is 4.39. The third kappa shape index (κ3) is 5.57. The minimum atomic E-state index is -0.182. The minimum absolute atomic E-state index is 0.182. The monoisotopic (exact) mass is 361 g/mol. The van der Waals surface area contributed by atoms with Crippen LogP contribution in [0.2, 0.25) is 0 Å². The molecule has 2 aromatic carbocycles. The van der Waals surface area contributed by atoms with E-state index >= 15 is 0 Å². The maximum atomic E-state index is 12.5. The lowest BCUT2D eigenvalue weighted by molar-refractivity contribution is 0.102. The molecule has 0 bridgehead atoms. The summed E-state index contributed by atoms with van der Waals surface area (Å²) in [6.07, 6.45) is 3.63. The second-order valence-corrected chi connectivity index (χ2v) is 6.13. The Labute approximate surface area is 159 Å². The summed E-state index contributed by atoms with van der Waals surface area (Å²) < 4.78 is 5.18. The molecule has 138 valence electrons. The van der Waals surface area contributed by atoms with E-state index < -0.39 is 0 Å². The summed E-state index contributed by atoms with van der Waals surface area (Å²) in [5.41, 5.74) is 2.56. The SMILES string of the molecule is COc1cccc(NC(=O)c2ccnc(NCCCc3ccccc3)c2)c1. The van der Waals surface area contributed by atoms with E-state index in [4.69, 9.17) is 4.74 Å². The standard InChI is InChI=1S/C22H23N3O2/c1-27-20-11-5-10-19(16-20)25-22(26)18-12-14-24-21(15-18)23-13-6-9-17-7-3-2-4-8-17/h2-5,7-8,10-12,14-16H,6,9,13H2,1H3,(H,23,24)(H,25,26). The highest BCUT2D eigenvalue weighted by Gasteiger charge is 2.08. The van der Waals surface area contributed by atoms with Gasteiger partial charge >= 0.3 is 0 Å². The number of amides is 1. The molecular weight excluding hydrogens is 338 g/mol. The van der Waals surface area contributed by atoms with Crippen LogP contribution in [0.3, 0.4) is 0 Å². The van der Waals surface area contributed by atoms with Gasteiger partial charge in [0.25, 0.3) is 5.91 Å². The molecule has 3 rings (SSSR count). The molecule has 0 aliphatic rings. The molecule has 0 fully saturated rings. The van der Waals surface area contributed by atoms with Crippen LogP contribution >= 0.6 is 0 Å². The van der Waals surface area contributed by atoms with Crippen molar-refractivity contribution in [2.75, 3.05) is 24.3 Å². The third-order valence-electron chi connectivity index (χ3n) is 4.14. The first-order valence-electron chi connectivity index (χ1n) is 8.94. The average molecular weight is 361 g/mol.